The molecule has 5 heteroatoms. The maximum absolute atomic E-state index is 9.43. The third-order valence-corrected chi connectivity index (χ3v) is 4.25. The minimum Gasteiger partial charge on any atom is -0.393 e. The highest BCUT2D eigenvalue weighted by Gasteiger charge is 2.60. The average molecular weight is 244 g/mol. The molecule has 1 spiro atoms. The van der Waals surface area contributed by atoms with Gasteiger partial charge in [-0.1, -0.05) is 6.42 Å². The van der Waals surface area contributed by atoms with Gasteiger partial charge in [-0.15, -0.1) is 0 Å². The van der Waals surface area contributed by atoms with Crippen molar-refractivity contribution in [1.82, 2.24) is 0 Å². The van der Waals surface area contributed by atoms with Crippen molar-refractivity contribution in [3.63, 3.8) is 0 Å². The van der Waals surface area contributed by atoms with E-state index >= 15 is 0 Å². The Hall–Kier alpha value is -0.200. The highest BCUT2D eigenvalue weighted by molar-refractivity contribution is 5.04. The second kappa shape index (κ2) is 4.17. The third-order valence-electron chi connectivity index (χ3n) is 4.25. The molecule has 1 saturated carbocycles. The monoisotopic (exact) mass is 244 g/mol. The van der Waals surface area contributed by atoms with E-state index in [9.17, 15) is 10.2 Å². The SMILES string of the molecule is OCC1(CO)OC[C@H]2OC3(CCCCC3)OC21. The van der Waals surface area contributed by atoms with Gasteiger partial charge in [0.15, 0.2) is 5.79 Å². The fourth-order valence-electron chi connectivity index (χ4n) is 3.22. The lowest BCUT2D eigenvalue weighted by Crippen LogP contribution is -2.50. The van der Waals surface area contributed by atoms with Gasteiger partial charge in [0.05, 0.1) is 19.8 Å². The largest absolute Gasteiger partial charge is 0.393 e. The van der Waals surface area contributed by atoms with Crippen molar-refractivity contribution in [1.29, 1.82) is 0 Å². The molecule has 98 valence electrons. The highest BCUT2D eigenvalue weighted by atomic mass is 16.8. The van der Waals surface area contributed by atoms with Crippen molar-refractivity contribution in [3.8, 4) is 0 Å². The van der Waals surface area contributed by atoms with Crippen molar-refractivity contribution in [3.05, 3.63) is 0 Å². The van der Waals surface area contributed by atoms with Gasteiger partial charge in [0.1, 0.15) is 17.8 Å². The van der Waals surface area contributed by atoms with Crippen LogP contribution in [0.3, 0.4) is 0 Å². The van der Waals surface area contributed by atoms with E-state index in [0.717, 1.165) is 25.7 Å². The van der Waals surface area contributed by atoms with Crippen LogP contribution in [-0.4, -0.2) is 53.6 Å². The number of aliphatic hydroxyl groups is 2. The van der Waals surface area contributed by atoms with Crippen LogP contribution in [0.1, 0.15) is 32.1 Å². The zero-order valence-corrected chi connectivity index (χ0v) is 9.93. The zero-order valence-electron chi connectivity index (χ0n) is 9.93. The van der Waals surface area contributed by atoms with Crippen molar-refractivity contribution in [2.45, 2.75) is 55.7 Å². The maximum Gasteiger partial charge on any atom is 0.169 e. The van der Waals surface area contributed by atoms with Crippen molar-refractivity contribution in [2.75, 3.05) is 19.8 Å². The zero-order chi connectivity index (χ0) is 11.9. The molecule has 2 heterocycles. The number of fused-ring (bicyclic) bond motifs is 1. The molecule has 2 aliphatic heterocycles. The highest BCUT2D eigenvalue weighted by Crippen LogP contribution is 2.46. The lowest BCUT2D eigenvalue weighted by molar-refractivity contribution is -0.237. The van der Waals surface area contributed by atoms with Crippen LogP contribution in [-0.2, 0) is 14.2 Å². The molecule has 2 N–H and O–H groups in total. The van der Waals surface area contributed by atoms with Crippen LogP contribution in [0.25, 0.3) is 0 Å². The van der Waals surface area contributed by atoms with E-state index in [-0.39, 0.29) is 25.4 Å². The summed E-state index contributed by atoms with van der Waals surface area (Å²) < 4.78 is 17.5. The van der Waals surface area contributed by atoms with Gasteiger partial charge in [-0.25, -0.2) is 0 Å². The first kappa shape index (κ1) is 11.9. The summed E-state index contributed by atoms with van der Waals surface area (Å²) in [6.45, 7) is -0.0677. The Morgan fingerprint density at radius 2 is 1.71 bits per heavy atom. The van der Waals surface area contributed by atoms with Crippen LogP contribution in [0.15, 0.2) is 0 Å². The predicted octanol–water partition coefficient (Wildman–Crippen LogP) is 0.184. The number of rotatable bonds is 2. The van der Waals surface area contributed by atoms with Gasteiger partial charge < -0.3 is 24.4 Å². The van der Waals surface area contributed by atoms with Gasteiger partial charge in [-0.2, -0.15) is 0 Å². The molecule has 5 nitrogen and oxygen atoms in total. The Bertz CT molecular complexity index is 283. The minimum absolute atomic E-state index is 0.146. The predicted molar refractivity (Wildman–Crippen MR) is 58.4 cm³/mol. The van der Waals surface area contributed by atoms with Crippen LogP contribution >= 0.6 is 0 Å². The quantitative estimate of drug-likeness (QED) is 0.725. The molecule has 0 bridgehead atoms. The first-order chi connectivity index (χ1) is 8.24. The summed E-state index contributed by atoms with van der Waals surface area (Å²) in [5.74, 6) is -0.479. The van der Waals surface area contributed by atoms with E-state index in [0.29, 0.717) is 6.61 Å². The fourth-order valence-corrected chi connectivity index (χ4v) is 3.22. The summed E-state index contributed by atoms with van der Waals surface area (Å²) >= 11 is 0. The van der Waals surface area contributed by atoms with Gasteiger partial charge in [0, 0.05) is 12.8 Å². The van der Waals surface area contributed by atoms with Crippen LogP contribution in [0.4, 0.5) is 0 Å². The summed E-state index contributed by atoms with van der Waals surface area (Å²) in [7, 11) is 0. The summed E-state index contributed by atoms with van der Waals surface area (Å²) in [6.07, 6.45) is 4.80. The van der Waals surface area contributed by atoms with Crippen LogP contribution in [0.2, 0.25) is 0 Å². The molecule has 1 unspecified atom stereocenters. The molecule has 0 aromatic carbocycles. The van der Waals surface area contributed by atoms with E-state index < -0.39 is 11.4 Å². The molecule has 0 aromatic heterocycles. The Morgan fingerprint density at radius 1 is 1.00 bits per heavy atom. The van der Waals surface area contributed by atoms with E-state index in [2.05, 4.69) is 0 Å². The normalized spacial score (nSPS) is 38.5. The fraction of sp³-hybridized carbons (Fsp3) is 1.00. The topological polar surface area (TPSA) is 68.2 Å². The van der Waals surface area contributed by atoms with Gasteiger partial charge in [0.2, 0.25) is 0 Å². The molecule has 2 atom stereocenters. The summed E-state index contributed by atoms with van der Waals surface area (Å²) in [5, 5.41) is 18.9. The van der Waals surface area contributed by atoms with E-state index in [1.54, 1.807) is 0 Å². The average Bonchev–Trinajstić information content (AvgIpc) is 2.86. The van der Waals surface area contributed by atoms with Gasteiger partial charge in [-0.3, -0.25) is 0 Å². The summed E-state index contributed by atoms with van der Waals surface area (Å²) in [4.78, 5) is 0. The first-order valence-electron chi connectivity index (χ1n) is 6.45. The Labute approximate surface area is 101 Å². The molecule has 0 aromatic rings. The third kappa shape index (κ3) is 1.72. The molecule has 17 heavy (non-hydrogen) atoms. The van der Waals surface area contributed by atoms with Crippen molar-refractivity contribution >= 4 is 0 Å². The van der Waals surface area contributed by atoms with E-state index in [1.807, 2.05) is 0 Å². The van der Waals surface area contributed by atoms with Crippen LogP contribution in [0.5, 0.6) is 0 Å². The molecular formula is C12H20O5. The summed E-state index contributed by atoms with van der Waals surface area (Å²) in [6, 6.07) is 0. The second-order valence-corrected chi connectivity index (χ2v) is 5.36. The number of aliphatic hydroxyl groups excluding tert-OH is 2. The lowest BCUT2D eigenvalue weighted by Gasteiger charge is -2.35. The van der Waals surface area contributed by atoms with E-state index in [4.69, 9.17) is 14.2 Å². The van der Waals surface area contributed by atoms with Gasteiger partial charge in [0.25, 0.3) is 0 Å². The second-order valence-electron chi connectivity index (χ2n) is 5.36. The maximum atomic E-state index is 9.43. The minimum atomic E-state index is -0.981. The molecular weight excluding hydrogens is 224 g/mol. The van der Waals surface area contributed by atoms with Crippen molar-refractivity contribution in [2.24, 2.45) is 0 Å². The van der Waals surface area contributed by atoms with E-state index in [1.165, 1.54) is 6.42 Å². The lowest BCUT2D eigenvalue weighted by atomic mass is 9.94. The Kier molecular flexibility index (Phi) is 2.91. The molecule has 0 amide bonds. The van der Waals surface area contributed by atoms with Gasteiger partial charge in [-0.05, 0) is 12.8 Å². The standard InChI is InChI=1S/C12H20O5/c13-7-11(8-14)10-9(6-15-11)16-12(17-10)4-2-1-3-5-12/h9-10,13-14H,1-8H2/t9-,10?/m1/s1. The molecule has 3 fully saturated rings. The van der Waals surface area contributed by atoms with Crippen LogP contribution < -0.4 is 0 Å². The molecule has 0 radical (unpaired) electrons. The number of ether oxygens (including phenoxy) is 3. The Balaban J connectivity index is 1.78. The van der Waals surface area contributed by atoms with Crippen molar-refractivity contribution < 1.29 is 24.4 Å². The molecule has 3 rings (SSSR count). The first-order valence-corrected chi connectivity index (χ1v) is 6.45. The number of hydrogen-bond donors (Lipinski definition) is 2. The van der Waals surface area contributed by atoms with Gasteiger partial charge >= 0.3 is 0 Å². The molecule has 2 saturated heterocycles. The number of hydrogen-bond acceptors (Lipinski definition) is 5. The smallest absolute Gasteiger partial charge is 0.169 e. The summed E-state index contributed by atoms with van der Waals surface area (Å²) in [5.41, 5.74) is -0.981. The van der Waals surface area contributed by atoms with Crippen LogP contribution in [0, 0.1) is 0 Å². The molecule has 3 aliphatic rings. The molecule has 1 aliphatic carbocycles. The Morgan fingerprint density at radius 3 is 2.35 bits per heavy atom.